The highest BCUT2D eigenvalue weighted by Crippen LogP contribution is 2.28. The van der Waals surface area contributed by atoms with Gasteiger partial charge in [-0.3, -0.25) is 4.79 Å². The van der Waals surface area contributed by atoms with Crippen molar-refractivity contribution >= 4 is 16.8 Å². The van der Waals surface area contributed by atoms with Gasteiger partial charge in [0.15, 0.2) is 0 Å². The number of carbonyl (C=O) groups is 1. The minimum Gasteiger partial charge on any atom is -0.376 e. The fraction of sp³-hybridized carbons (Fsp3) is 0.333. The maximum absolute atomic E-state index is 13.3. The molecular weight excluding hydrogens is 348 g/mol. The number of para-hydroxylation sites is 1. The van der Waals surface area contributed by atoms with Gasteiger partial charge < -0.3 is 9.64 Å². The first kappa shape index (κ1) is 18.6. The van der Waals surface area contributed by atoms with Gasteiger partial charge in [-0.1, -0.05) is 42.0 Å². The molecule has 1 aromatic heterocycles. The van der Waals surface area contributed by atoms with Crippen LogP contribution in [-0.4, -0.2) is 42.1 Å². The molecular formula is C24H26N2O2. The van der Waals surface area contributed by atoms with Crippen LogP contribution in [-0.2, 0) is 4.74 Å². The summed E-state index contributed by atoms with van der Waals surface area (Å²) in [5.41, 5.74) is 5.82. The number of rotatable bonds is 4. The quantitative estimate of drug-likeness (QED) is 0.661. The number of amides is 1. The molecule has 0 radical (unpaired) electrons. The van der Waals surface area contributed by atoms with Crippen LogP contribution in [0.15, 0.2) is 48.5 Å². The molecule has 1 aliphatic heterocycles. The van der Waals surface area contributed by atoms with Crippen molar-refractivity contribution in [2.45, 2.75) is 32.8 Å². The minimum atomic E-state index is 0.0140. The van der Waals surface area contributed by atoms with Gasteiger partial charge in [0.05, 0.1) is 22.9 Å². The number of hydrogen-bond acceptors (Lipinski definition) is 3. The van der Waals surface area contributed by atoms with Crippen LogP contribution in [0.5, 0.6) is 0 Å². The third kappa shape index (κ3) is 3.65. The van der Waals surface area contributed by atoms with E-state index in [0.717, 1.165) is 47.2 Å². The van der Waals surface area contributed by atoms with Crippen LogP contribution in [0, 0.1) is 13.8 Å². The van der Waals surface area contributed by atoms with Gasteiger partial charge >= 0.3 is 0 Å². The Hall–Kier alpha value is -2.72. The van der Waals surface area contributed by atoms with Crippen molar-refractivity contribution in [2.75, 3.05) is 20.2 Å². The molecule has 0 saturated carbocycles. The fourth-order valence-corrected chi connectivity index (χ4v) is 3.97. The molecule has 28 heavy (non-hydrogen) atoms. The van der Waals surface area contributed by atoms with Crippen molar-refractivity contribution in [3.8, 4) is 11.3 Å². The molecule has 0 spiro atoms. The molecule has 1 saturated heterocycles. The van der Waals surface area contributed by atoms with Gasteiger partial charge in [-0.05, 0) is 44.4 Å². The van der Waals surface area contributed by atoms with E-state index >= 15 is 0 Å². The SMILES string of the molecule is Cc1ccc(-c2cc(C(=O)N(C)CC3CCCO3)c3ccccc3n2)c(C)c1. The van der Waals surface area contributed by atoms with E-state index in [1.54, 1.807) is 4.90 Å². The van der Waals surface area contributed by atoms with Gasteiger partial charge in [0, 0.05) is 31.1 Å². The molecule has 2 heterocycles. The number of fused-ring (bicyclic) bond motifs is 1. The summed E-state index contributed by atoms with van der Waals surface area (Å²) >= 11 is 0. The van der Waals surface area contributed by atoms with E-state index in [-0.39, 0.29) is 12.0 Å². The summed E-state index contributed by atoms with van der Waals surface area (Å²) in [5, 5.41) is 0.889. The van der Waals surface area contributed by atoms with Gasteiger partial charge in [0.1, 0.15) is 0 Å². The zero-order chi connectivity index (χ0) is 19.7. The molecule has 0 aliphatic carbocycles. The number of aromatic nitrogens is 1. The smallest absolute Gasteiger partial charge is 0.254 e. The predicted molar refractivity (Wildman–Crippen MR) is 113 cm³/mol. The Bertz CT molecular complexity index is 1020. The Morgan fingerprint density at radius 3 is 2.75 bits per heavy atom. The third-order valence-corrected chi connectivity index (χ3v) is 5.45. The molecule has 1 atom stereocenters. The van der Waals surface area contributed by atoms with E-state index in [1.807, 2.05) is 37.4 Å². The lowest BCUT2D eigenvalue weighted by molar-refractivity contribution is 0.0588. The molecule has 4 nitrogen and oxygen atoms in total. The van der Waals surface area contributed by atoms with Gasteiger partial charge in [-0.2, -0.15) is 0 Å². The first-order valence-electron chi connectivity index (χ1n) is 9.87. The highest BCUT2D eigenvalue weighted by Gasteiger charge is 2.23. The summed E-state index contributed by atoms with van der Waals surface area (Å²) in [6.45, 7) is 5.58. The Balaban J connectivity index is 1.77. The van der Waals surface area contributed by atoms with Crippen molar-refractivity contribution in [3.05, 3.63) is 65.2 Å². The zero-order valence-electron chi connectivity index (χ0n) is 16.7. The molecule has 1 amide bonds. The average Bonchev–Trinajstić information content (AvgIpc) is 3.19. The second-order valence-corrected chi connectivity index (χ2v) is 7.71. The molecule has 0 N–H and O–H groups in total. The van der Waals surface area contributed by atoms with Crippen molar-refractivity contribution in [3.63, 3.8) is 0 Å². The zero-order valence-corrected chi connectivity index (χ0v) is 16.7. The minimum absolute atomic E-state index is 0.0140. The molecule has 4 rings (SSSR count). The summed E-state index contributed by atoms with van der Waals surface area (Å²) in [6, 6.07) is 16.1. The van der Waals surface area contributed by atoms with Crippen molar-refractivity contribution in [2.24, 2.45) is 0 Å². The van der Waals surface area contributed by atoms with Crippen molar-refractivity contribution in [1.29, 1.82) is 0 Å². The average molecular weight is 374 g/mol. The molecule has 1 fully saturated rings. The Kier molecular flexibility index (Phi) is 5.14. The summed E-state index contributed by atoms with van der Waals surface area (Å²) < 4.78 is 5.71. The molecule has 3 aromatic rings. The van der Waals surface area contributed by atoms with Crippen molar-refractivity contribution < 1.29 is 9.53 Å². The number of ether oxygens (including phenoxy) is 1. The van der Waals surface area contributed by atoms with E-state index < -0.39 is 0 Å². The predicted octanol–water partition coefficient (Wildman–Crippen LogP) is 4.77. The van der Waals surface area contributed by atoms with Crippen LogP contribution < -0.4 is 0 Å². The maximum Gasteiger partial charge on any atom is 0.254 e. The van der Waals surface area contributed by atoms with Crippen LogP contribution >= 0.6 is 0 Å². The standard InChI is InChI=1S/C24H26N2O2/c1-16-10-11-19(17(2)13-16)23-14-21(20-8-4-5-9-22(20)25-23)24(27)26(3)15-18-7-6-12-28-18/h4-5,8-11,13-14,18H,6-7,12,15H2,1-3H3. The third-order valence-electron chi connectivity index (χ3n) is 5.45. The number of carbonyl (C=O) groups excluding carboxylic acids is 1. The lowest BCUT2D eigenvalue weighted by atomic mass is 9.99. The number of pyridine rings is 1. The van der Waals surface area contributed by atoms with Gasteiger partial charge in [-0.15, -0.1) is 0 Å². The molecule has 4 heteroatoms. The van der Waals surface area contributed by atoms with E-state index in [4.69, 9.17) is 9.72 Å². The van der Waals surface area contributed by atoms with Crippen LogP contribution in [0.2, 0.25) is 0 Å². The largest absolute Gasteiger partial charge is 0.376 e. The second-order valence-electron chi connectivity index (χ2n) is 7.71. The van der Waals surface area contributed by atoms with Crippen LogP contribution in [0.3, 0.4) is 0 Å². The van der Waals surface area contributed by atoms with Gasteiger partial charge in [-0.25, -0.2) is 4.98 Å². The van der Waals surface area contributed by atoms with E-state index in [2.05, 4.69) is 32.0 Å². The van der Waals surface area contributed by atoms with Crippen LogP contribution in [0.4, 0.5) is 0 Å². The topological polar surface area (TPSA) is 42.4 Å². The Morgan fingerprint density at radius 2 is 2.00 bits per heavy atom. The molecule has 2 aromatic carbocycles. The molecule has 144 valence electrons. The number of nitrogens with zero attached hydrogens (tertiary/aromatic N) is 2. The number of hydrogen-bond donors (Lipinski definition) is 0. The van der Waals surface area contributed by atoms with Gasteiger partial charge in [0.25, 0.3) is 5.91 Å². The normalized spacial score (nSPS) is 16.5. The summed E-state index contributed by atoms with van der Waals surface area (Å²) in [7, 11) is 1.86. The highest BCUT2D eigenvalue weighted by molar-refractivity contribution is 6.07. The van der Waals surface area contributed by atoms with Crippen LogP contribution in [0.25, 0.3) is 22.2 Å². The van der Waals surface area contributed by atoms with Crippen molar-refractivity contribution in [1.82, 2.24) is 9.88 Å². The number of benzene rings is 2. The molecule has 0 bridgehead atoms. The second kappa shape index (κ2) is 7.72. The lowest BCUT2D eigenvalue weighted by Gasteiger charge is -2.22. The molecule has 1 unspecified atom stereocenters. The Morgan fingerprint density at radius 1 is 1.18 bits per heavy atom. The lowest BCUT2D eigenvalue weighted by Crippen LogP contribution is -2.34. The summed E-state index contributed by atoms with van der Waals surface area (Å²) in [4.78, 5) is 19.9. The van der Waals surface area contributed by atoms with E-state index in [1.165, 1.54) is 5.56 Å². The fourth-order valence-electron chi connectivity index (χ4n) is 3.97. The maximum atomic E-state index is 13.3. The van der Waals surface area contributed by atoms with E-state index in [9.17, 15) is 4.79 Å². The first-order chi connectivity index (χ1) is 13.5. The highest BCUT2D eigenvalue weighted by atomic mass is 16.5. The summed E-state index contributed by atoms with van der Waals surface area (Å²) in [5.74, 6) is 0.0140. The Labute approximate surface area is 166 Å². The van der Waals surface area contributed by atoms with E-state index in [0.29, 0.717) is 12.1 Å². The summed E-state index contributed by atoms with van der Waals surface area (Å²) in [6.07, 6.45) is 2.23. The number of aryl methyl sites for hydroxylation is 2. The first-order valence-corrected chi connectivity index (χ1v) is 9.87. The number of likely N-dealkylation sites (N-methyl/N-ethyl adjacent to an activating group) is 1. The van der Waals surface area contributed by atoms with Crippen LogP contribution in [0.1, 0.15) is 34.3 Å². The molecule has 1 aliphatic rings. The van der Waals surface area contributed by atoms with Gasteiger partial charge in [0.2, 0.25) is 0 Å². The monoisotopic (exact) mass is 374 g/mol.